The Hall–Kier alpha value is -3.63. The number of aryl methyl sites for hydroxylation is 1. The van der Waals surface area contributed by atoms with Crippen LogP contribution in [-0.4, -0.2) is 38.5 Å². The lowest BCUT2D eigenvalue weighted by Crippen LogP contribution is -2.20. The summed E-state index contributed by atoms with van der Waals surface area (Å²) < 4.78 is 45.5. The number of hydrogen-bond acceptors (Lipinski definition) is 6. The van der Waals surface area contributed by atoms with Crippen LogP contribution < -0.4 is 10.6 Å². The maximum absolute atomic E-state index is 12.9. The number of pyridine rings is 2. The van der Waals surface area contributed by atoms with E-state index in [4.69, 9.17) is 4.74 Å². The van der Waals surface area contributed by atoms with Gasteiger partial charge in [0.15, 0.2) is 0 Å². The topological polar surface area (TPSA) is 94.0 Å². The van der Waals surface area contributed by atoms with Crippen molar-refractivity contribution in [1.29, 1.82) is 0 Å². The highest BCUT2D eigenvalue weighted by molar-refractivity contribution is 5.69. The lowest BCUT2D eigenvalue weighted by atomic mass is 10.1. The maximum Gasteiger partial charge on any atom is 0.416 e. The number of nitrogens with one attached hydrogen (secondary N) is 2. The number of rotatable bonds is 5. The normalized spacial score (nSPS) is 16.3. The number of amides is 1. The van der Waals surface area contributed by atoms with Gasteiger partial charge in [0.1, 0.15) is 17.7 Å². The van der Waals surface area contributed by atoms with Crippen LogP contribution in [0.3, 0.4) is 0 Å². The highest BCUT2D eigenvalue weighted by Crippen LogP contribution is 2.30. The lowest BCUT2D eigenvalue weighted by Gasteiger charge is -2.11. The van der Waals surface area contributed by atoms with Crippen LogP contribution in [0.5, 0.6) is 0 Å². The Labute approximate surface area is 169 Å². The fourth-order valence-corrected chi connectivity index (χ4v) is 3.02. The maximum atomic E-state index is 12.9. The number of alkyl carbamates (subject to hydrolysis) is 1. The van der Waals surface area contributed by atoms with Gasteiger partial charge in [-0.1, -0.05) is 0 Å². The van der Waals surface area contributed by atoms with Gasteiger partial charge < -0.3 is 15.4 Å². The molecule has 0 spiro atoms. The van der Waals surface area contributed by atoms with Gasteiger partial charge >= 0.3 is 12.3 Å². The van der Waals surface area contributed by atoms with Crippen molar-refractivity contribution in [2.24, 2.45) is 0 Å². The van der Waals surface area contributed by atoms with E-state index in [0.29, 0.717) is 24.6 Å². The van der Waals surface area contributed by atoms with Crippen LogP contribution in [0.1, 0.15) is 11.1 Å². The van der Waals surface area contributed by atoms with Gasteiger partial charge in [-0.15, -0.1) is 0 Å². The van der Waals surface area contributed by atoms with Crippen LogP contribution in [-0.2, 0) is 17.5 Å². The van der Waals surface area contributed by atoms with Gasteiger partial charge in [0.2, 0.25) is 0 Å². The quantitative estimate of drug-likeness (QED) is 0.659. The number of nitrogens with zero attached hydrogens (tertiary/aromatic N) is 4. The number of cyclic esters (lactones) is 1. The Morgan fingerprint density at radius 3 is 2.87 bits per heavy atom. The summed E-state index contributed by atoms with van der Waals surface area (Å²) in [6.07, 6.45) is -0.733. The predicted molar refractivity (Wildman–Crippen MR) is 101 cm³/mol. The van der Waals surface area contributed by atoms with Gasteiger partial charge in [-0.05, 0) is 36.8 Å². The van der Waals surface area contributed by atoms with Gasteiger partial charge in [-0.3, -0.25) is 4.68 Å². The Balaban J connectivity index is 1.53. The summed E-state index contributed by atoms with van der Waals surface area (Å²) in [5.74, 6) is 0.401. The zero-order chi connectivity index (χ0) is 21.3. The third-order valence-corrected chi connectivity index (χ3v) is 4.38. The number of alkyl halides is 3. The Kier molecular flexibility index (Phi) is 5.02. The number of halogens is 3. The van der Waals surface area contributed by atoms with Gasteiger partial charge in [-0.25, -0.2) is 14.8 Å². The van der Waals surface area contributed by atoms with E-state index in [1.807, 2.05) is 13.0 Å². The molecule has 1 unspecified atom stereocenters. The van der Waals surface area contributed by atoms with Crippen LogP contribution in [0, 0.1) is 6.92 Å². The van der Waals surface area contributed by atoms with Crippen molar-refractivity contribution in [3.8, 4) is 11.3 Å². The van der Waals surface area contributed by atoms with Crippen molar-refractivity contribution in [3.05, 3.63) is 54.0 Å². The molecule has 1 fully saturated rings. The van der Waals surface area contributed by atoms with Crippen molar-refractivity contribution in [1.82, 2.24) is 25.1 Å². The molecule has 4 heterocycles. The summed E-state index contributed by atoms with van der Waals surface area (Å²) in [6, 6.07) is 5.38. The van der Waals surface area contributed by atoms with Crippen LogP contribution in [0.15, 0.2) is 42.9 Å². The highest BCUT2D eigenvalue weighted by atomic mass is 19.4. The van der Waals surface area contributed by atoms with E-state index in [1.165, 1.54) is 0 Å². The second-order valence-corrected chi connectivity index (χ2v) is 6.83. The number of aromatic nitrogens is 4. The summed E-state index contributed by atoms with van der Waals surface area (Å²) in [6.45, 7) is 2.66. The Bertz CT molecular complexity index is 1080. The molecular weight excluding hydrogens is 401 g/mol. The van der Waals surface area contributed by atoms with Gasteiger partial charge in [0, 0.05) is 18.0 Å². The van der Waals surface area contributed by atoms with E-state index >= 15 is 0 Å². The molecule has 1 atom stereocenters. The average Bonchev–Trinajstić information content (AvgIpc) is 3.30. The molecule has 3 aromatic heterocycles. The van der Waals surface area contributed by atoms with E-state index in [-0.39, 0.29) is 11.9 Å². The molecule has 0 aromatic carbocycles. The van der Waals surface area contributed by atoms with Crippen molar-refractivity contribution in [2.75, 3.05) is 11.9 Å². The number of hydrogen-bond donors (Lipinski definition) is 2. The van der Waals surface area contributed by atoms with E-state index in [1.54, 1.807) is 23.1 Å². The average molecular weight is 418 g/mol. The highest BCUT2D eigenvalue weighted by Gasteiger charge is 2.30. The number of ether oxygens (including phenoxy) is 1. The van der Waals surface area contributed by atoms with Gasteiger partial charge in [0.25, 0.3) is 0 Å². The number of carbonyl (C=O) groups excluding carboxylic acids is 1. The summed E-state index contributed by atoms with van der Waals surface area (Å²) in [7, 11) is 0. The van der Waals surface area contributed by atoms with Crippen molar-refractivity contribution in [3.63, 3.8) is 0 Å². The molecule has 4 rings (SSSR count). The fraction of sp³-hybridized carbons (Fsp3) is 0.263. The minimum absolute atomic E-state index is 0.0418. The summed E-state index contributed by atoms with van der Waals surface area (Å²) >= 11 is 0. The zero-order valence-electron chi connectivity index (χ0n) is 15.8. The predicted octanol–water partition coefficient (Wildman–Crippen LogP) is 3.52. The van der Waals surface area contributed by atoms with E-state index in [2.05, 4.69) is 25.7 Å². The molecule has 1 amide bonds. The smallest absolute Gasteiger partial charge is 0.416 e. The number of carbonyl (C=O) groups is 1. The summed E-state index contributed by atoms with van der Waals surface area (Å²) in [5.41, 5.74) is 1.38. The first-order chi connectivity index (χ1) is 14.3. The molecule has 0 bridgehead atoms. The van der Waals surface area contributed by atoms with Crippen molar-refractivity contribution in [2.45, 2.75) is 25.7 Å². The second kappa shape index (κ2) is 7.65. The first-order valence-corrected chi connectivity index (χ1v) is 9.02. The van der Waals surface area contributed by atoms with E-state index in [9.17, 15) is 18.0 Å². The minimum Gasteiger partial charge on any atom is -0.442 e. The van der Waals surface area contributed by atoms with Crippen LogP contribution in [0.2, 0.25) is 0 Å². The molecule has 0 aliphatic carbocycles. The molecule has 1 aliphatic rings. The molecular formula is C19H17F3N6O2. The van der Waals surface area contributed by atoms with Crippen molar-refractivity contribution >= 4 is 17.7 Å². The van der Waals surface area contributed by atoms with Crippen LogP contribution >= 0.6 is 0 Å². The van der Waals surface area contributed by atoms with Crippen LogP contribution in [0.25, 0.3) is 11.3 Å². The number of anilines is 2. The van der Waals surface area contributed by atoms with Crippen molar-refractivity contribution < 1.29 is 22.7 Å². The molecule has 8 nitrogen and oxygen atoms in total. The Morgan fingerprint density at radius 2 is 2.13 bits per heavy atom. The van der Waals surface area contributed by atoms with E-state index < -0.39 is 17.8 Å². The molecule has 156 valence electrons. The standard InChI is InChI=1S/C19H17F3N6O2/c1-11-4-15(12-7-25-28(9-12)10-14-8-24-18(29)30-14)26-17(5-11)27-16-6-13(2-3-23-16)19(20,21)22/h2-7,9,14H,8,10H2,1H3,(H,24,29)(H,23,26,27). The molecule has 2 N–H and O–H groups in total. The first-order valence-electron chi connectivity index (χ1n) is 9.02. The second-order valence-electron chi connectivity index (χ2n) is 6.83. The molecule has 30 heavy (non-hydrogen) atoms. The zero-order valence-corrected chi connectivity index (χ0v) is 15.8. The molecule has 0 saturated carbocycles. The third-order valence-electron chi connectivity index (χ3n) is 4.38. The van der Waals surface area contributed by atoms with Crippen LogP contribution in [0.4, 0.5) is 29.6 Å². The van der Waals surface area contributed by atoms with Gasteiger partial charge in [-0.2, -0.15) is 18.3 Å². The monoisotopic (exact) mass is 418 g/mol. The lowest BCUT2D eigenvalue weighted by molar-refractivity contribution is -0.137. The minimum atomic E-state index is -4.46. The molecule has 0 radical (unpaired) electrons. The largest absolute Gasteiger partial charge is 0.442 e. The third kappa shape index (κ3) is 4.50. The van der Waals surface area contributed by atoms with Gasteiger partial charge in [0.05, 0.1) is 30.5 Å². The SMILES string of the molecule is Cc1cc(Nc2cc(C(F)(F)F)ccn2)nc(-c2cnn(CC3CNC(=O)O3)c2)c1. The Morgan fingerprint density at radius 1 is 1.30 bits per heavy atom. The van der Waals surface area contributed by atoms with E-state index in [0.717, 1.165) is 29.5 Å². The fourth-order valence-electron chi connectivity index (χ4n) is 3.02. The molecule has 3 aromatic rings. The summed E-state index contributed by atoms with van der Waals surface area (Å²) in [4.78, 5) is 19.5. The molecule has 1 aliphatic heterocycles. The molecule has 1 saturated heterocycles. The molecule has 11 heteroatoms. The first kappa shape index (κ1) is 19.7. The summed E-state index contributed by atoms with van der Waals surface area (Å²) in [5, 5.41) is 9.67.